The maximum absolute atomic E-state index is 12.6. The molecule has 2 fully saturated rings. The molecule has 0 aromatic heterocycles. The lowest BCUT2D eigenvalue weighted by Gasteiger charge is -2.17. The molecule has 4 atom stereocenters. The summed E-state index contributed by atoms with van der Waals surface area (Å²) in [6.45, 7) is 1.96. The van der Waals surface area contributed by atoms with Gasteiger partial charge in [0.25, 0.3) is 0 Å². The number of allylic oxidation sites excluding steroid dienone is 2. The highest BCUT2D eigenvalue weighted by Crippen LogP contribution is 2.52. The number of hydrogen-bond donors (Lipinski definition) is 1. The first-order valence-corrected chi connectivity index (χ1v) is 8.93. The molecular weight excluding hydrogens is 340 g/mol. The van der Waals surface area contributed by atoms with Crippen LogP contribution in [0.1, 0.15) is 18.4 Å². The summed E-state index contributed by atoms with van der Waals surface area (Å²) < 4.78 is 0. The molecular formula is C19H19ClN2O3. The zero-order valence-electron chi connectivity index (χ0n) is 13.9. The normalized spacial score (nSPS) is 29.4. The summed E-state index contributed by atoms with van der Waals surface area (Å²) in [5, 5.41) is 3.38. The van der Waals surface area contributed by atoms with Crippen molar-refractivity contribution in [1.29, 1.82) is 0 Å². The van der Waals surface area contributed by atoms with Crippen LogP contribution in [0.2, 0.25) is 5.02 Å². The minimum Gasteiger partial charge on any atom is -0.326 e. The molecule has 130 valence electrons. The highest BCUT2D eigenvalue weighted by Gasteiger charge is 2.58. The smallest absolute Gasteiger partial charge is 0.233 e. The molecule has 1 saturated carbocycles. The molecule has 1 heterocycles. The van der Waals surface area contributed by atoms with E-state index in [4.69, 9.17) is 11.6 Å². The predicted molar refractivity (Wildman–Crippen MR) is 93.9 cm³/mol. The van der Waals surface area contributed by atoms with Crippen molar-refractivity contribution in [2.45, 2.75) is 19.8 Å². The molecule has 2 bridgehead atoms. The van der Waals surface area contributed by atoms with Gasteiger partial charge in [-0.25, -0.2) is 0 Å². The minimum absolute atomic E-state index is 0.0889. The molecule has 0 spiro atoms. The van der Waals surface area contributed by atoms with Gasteiger partial charge < -0.3 is 5.32 Å². The van der Waals surface area contributed by atoms with E-state index in [0.717, 1.165) is 12.0 Å². The molecule has 1 N–H and O–H groups in total. The summed E-state index contributed by atoms with van der Waals surface area (Å²) in [5.41, 5.74) is 1.44. The fourth-order valence-electron chi connectivity index (χ4n) is 4.35. The van der Waals surface area contributed by atoms with Gasteiger partial charge in [0.05, 0.1) is 11.8 Å². The summed E-state index contributed by atoms with van der Waals surface area (Å²) in [6.07, 6.45) is 5.13. The van der Waals surface area contributed by atoms with Crippen LogP contribution in [-0.2, 0) is 14.4 Å². The number of amides is 3. The van der Waals surface area contributed by atoms with Crippen LogP contribution in [0.3, 0.4) is 0 Å². The van der Waals surface area contributed by atoms with Crippen LogP contribution in [0.25, 0.3) is 0 Å². The quantitative estimate of drug-likeness (QED) is 0.664. The Balaban J connectivity index is 1.39. The van der Waals surface area contributed by atoms with Crippen LogP contribution < -0.4 is 5.32 Å². The van der Waals surface area contributed by atoms with E-state index in [1.165, 1.54) is 4.90 Å². The lowest BCUT2D eigenvalue weighted by atomic mass is 9.85. The van der Waals surface area contributed by atoms with Crippen molar-refractivity contribution >= 4 is 35.0 Å². The fourth-order valence-corrected chi connectivity index (χ4v) is 4.53. The van der Waals surface area contributed by atoms with Crippen molar-refractivity contribution in [3.63, 3.8) is 0 Å². The number of halogens is 1. The van der Waals surface area contributed by atoms with Crippen LogP contribution in [0, 0.1) is 30.6 Å². The number of hydrogen-bond acceptors (Lipinski definition) is 3. The van der Waals surface area contributed by atoms with E-state index in [1.54, 1.807) is 18.2 Å². The maximum atomic E-state index is 12.6. The predicted octanol–water partition coefficient (Wildman–Crippen LogP) is 2.78. The monoisotopic (exact) mass is 358 g/mol. The zero-order valence-corrected chi connectivity index (χ0v) is 14.6. The van der Waals surface area contributed by atoms with Gasteiger partial charge in [0.1, 0.15) is 0 Å². The highest BCUT2D eigenvalue weighted by molar-refractivity contribution is 6.31. The minimum atomic E-state index is -0.232. The standard InChI is InChI=1S/C19H19ClN2O3/c1-10-13(20)3-2-4-14(10)21-15(23)7-8-22-18(24)16-11-5-6-12(9-11)17(16)19(22)25/h2-6,11-12,16-17H,7-9H2,1H3,(H,21,23)/t11-,12-,16+,17+/m0/s1. The highest BCUT2D eigenvalue weighted by atomic mass is 35.5. The molecule has 25 heavy (non-hydrogen) atoms. The SMILES string of the molecule is Cc1c(Cl)cccc1NC(=O)CCN1C(=O)[C@H]2[C@H](C1=O)[C@H]1C=C[C@H]2C1. The number of benzene rings is 1. The van der Waals surface area contributed by atoms with Crippen LogP contribution in [0.4, 0.5) is 5.69 Å². The van der Waals surface area contributed by atoms with E-state index in [9.17, 15) is 14.4 Å². The number of likely N-dealkylation sites (tertiary alicyclic amines) is 1. The number of nitrogens with zero attached hydrogens (tertiary/aromatic N) is 1. The van der Waals surface area contributed by atoms with Crippen molar-refractivity contribution in [2.75, 3.05) is 11.9 Å². The number of imide groups is 1. The molecule has 0 unspecified atom stereocenters. The lowest BCUT2D eigenvalue weighted by Crippen LogP contribution is -2.35. The number of fused-ring (bicyclic) bond motifs is 5. The van der Waals surface area contributed by atoms with Crippen LogP contribution >= 0.6 is 11.6 Å². The number of anilines is 1. The second kappa shape index (κ2) is 5.99. The van der Waals surface area contributed by atoms with E-state index >= 15 is 0 Å². The fraction of sp³-hybridized carbons (Fsp3) is 0.421. The number of nitrogens with one attached hydrogen (secondary N) is 1. The molecule has 6 heteroatoms. The Morgan fingerprint density at radius 3 is 2.48 bits per heavy atom. The van der Waals surface area contributed by atoms with Crippen molar-refractivity contribution in [3.8, 4) is 0 Å². The lowest BCUT2D eigenvalue weighted by molar-refractivity contribution is -0.140. The van der Waals surface area contributed by atoms with E-state index in [-0.39, 0.29) is 54.4 Å². The van der Waals surface area contributed by atoms with Gasteiger partial charge in [-0.1, -0.05) is 29.8 Å². The van der Waals surface area contributed by atoms with Gasteiger partial charge in [0.2, 0.25) is 17.7 Å². The Bertz CT molecular complexity index is 774. The van der Waals surface area contributed by atoms with Gasteiger partial charge in [-0.3, -0.25) is 19.3 Å². The van der Waals surface area contributed by atoms with Gasteiger partial charge in [0, 0.05) is 23.7 Å². The molecule has 3 aliphatic rings. The molecule has 4 rings (SSSR count). The van der Waals surface area contributed by atoms with Gasteiger partial charge in [-0.05, 0) is 42.9 Å². The average Bonchev–Trinajstić information content (AvgIpc) is 3.25. The van der Waals surface area contributed by atoms with E-state index in [1.807, 2.05) is 6.92 Å². The van der Waals surface area contributed by atoms with Crippen molar-refractivity contribution < 1.29 is 14.4 Å². The number of carbonyl (C=O) groups excluding carboxylic acids is 3. The van der Waals surface area contributed by atoms with Crippen LogP contribution in [0.15, 0.2) is 30.4 Å². The van der Waals surface area contributed by atoms with Crippen molar-refractivity contribution in [1.82, 2.24) is 4.90 Å². The molecule has 1 aromatic carbocycles. The Morgan fingerprint density at radius 1 is 1.20 bits per heavy atom. The van der Waals surface area contributed by atoms with Crippen molar-refractivity contribution in [2.24, 2.45) is 23.7 Å². The summed E-state index contributed by atoms with van der Waals surface area (Å²) in [5.74, 6) is -0.485. The molecule has 0 radical (unpaired) electrons. The Labute approximate surface area is 151 Å². The summed E-state index contributed by atoms with van der Waals surface area (Å²) in [6, 6.07) is 5.30. The second-order valence-corrected chi connectivity index (χ2v) is 7.45. The van der Waals surface area contributed by atoms with E-state index < -0.39 is 0 Å². The Hall–Kier alpha value is -2.14. The molecule has 1 aliphatic heterocycles. The average molecular weight is 359 g/mol. The van der Waals surface area contributed by atoms with E-state index in [0.29, 0.717) is 10.7 Å². The third-order valence-corrected chi connectivity index (χ3v) is 6.08. The molecule has 2 aliphatic carbocycles. The largest absolute Gasteiger partial charge is 0.326 e. The maximum Gasteiger partial charge on any atom is 0.233 e. The molecule has 1 saturated heterocycles. The Morgan fingerprint density at radius 2 is 1.84 bits per heavy atom. The van der Waals surface area contributed by atoms with Gasteiger partial charge in [-0.2, -0.15) is 0 Å². The first-order chi connectivity index (χ1) is 12.0. The molecule has 5 nitrogen and oxygen atoms in total. The van der Waals surface area contributed by atoms with E-state index in [2.05, 4.69) is 17.5 Å². The summed E-state index contributed by atoms with van der Waals surface area (Å²) in [4.78, 5) is 38.7. The zero-order chi connectivity index (χ0) is 17.7. The first kappa shape index (κ1) is 16.3. The summed E-state index contributed by atoms with van der Waals surface area (Å²) >= 11 is 6.05. The molecule has 3 amide bonds. The third-order valence-electron chi connectivity index (χ3n) is 5.67. The van der Waals surface area contributed by atoms with Crippen molar-refractivity contribution in [3.05, 3.63) is 40.9 Å². The third kappa shape index (κ3) is 2.58. The van der Waals surface area contributed by atoms with Gasteiger partial charge >= 0.3 is 0 Å². The van der Waals surface area contributed by atoms with Gasteiger partial charge in [0.15, 0.2) is 0 Å². The second-order valence-electron chi connectivity index (χ2n) is 7.04. The van der Waals surface area contributed by atoms with Crippen LogP contribution in [-0.4, -0.2) is 29.2 Å². The number of rotatable bonds is 4. The van der Waals surface area contributed by atoms with Gasteiger partial charge in [-0.15, -0.1) is 0 Å². The topological polar surface area (TPSA) is 66.5 Å². The Kier molecular flexibility index (Phi) is 3.91. The van der Waals surface area contributed by atoms with Crippen LogP contribution in [0.5, 0.6) is 0 Å². The molecule has 1 aromatic rings. The summed E-state index contributed by atoms with van der Waals surface area (Å²) in [7, 11) is 0. The first-order valence-electron chi connectivity index (χ1n) is 8.56. The number of carbonyl (C=O) groups is 3.